The molecule has 0 fully saturated rings. The Morgan fingerprint density at radius 3 is 1.00 bits per heavy atom. The maximum Gasteiger partial charge on any atom is 0 e. The Bertz CT molecular complexity index is 11.6. The van der Waals surface area contributed by atoms with Gasteiger partial charge in [0.25, 0.3) is 0 Å². The molecule has 0 aromatic rings. The maximum absolute atomic E-state index is 0. The van der Waals surface area contributed by atoms with Crippen molar-refractivity contribution in [2.24, 2.45) is 0 Å². The van der Waals surface area contributed by atoms with E-state index in [1.165, 1.54) is 0 Å². The minimum atomic E-state index is 0. The van der Waals surface area contributed by atoms with Crippen molar-refractivity contribution in [3.05, 3.63) is 0 Å². The van der Waals surface area contributed by atoms with Gasteiger partial charge in [0.2, 0.25) is 0 Å². The van der Waals surface area contributed by atoms with Crippen LogP contribution >= 0.6 is 0 Å². The molecule has 0 saturated heterocycles. The second-order valence-electron chi connectivity index (χ2n) is 0. The summed E-state index contributed by atoms with van der Waals surface area (Å²) in [5.74, 6) is 0. The van der Waals surface area contributed by atoms with E-state index in [0.717, 1.165) is 0 Å². The summed E-state index contributed by atoms with van der Waals surface area (Å²) in [4.78, 5) is 0. The van der Waals surface area contributed by atoms with Crippen molar-refractivity contribution in [2.75, 3.05) is 0 Å². The van der Waals surface area contributed by atoms with Crippen LogP contribution in [-0.4, -0.2) is 17.4 Å². The summed E-state index contributed by atoms with van der Waals surface area (Å²) >= 11 is 0. The maximum atomic E-state index is 0. The van der Waals surface area contributed by atoms with Crippen LogP contribution in [-0.2, 0) is 82.4 Å². The van der Waals surface area contributed by atoms with Crippen molar-refractivity contribution in [2.45, 2.75) is 0 Å². The van der Waals surface area contributed by atoms with Crippen LogP contribution in [0.15, 0.2) is 0 Å². The summed E-state index contributed by atoms with van der Waals surface area (Å²) in [6.07, 6.45) is 0. The molecule has 32 valence electrons. The van der Waals surface area contributed by atoms with Gasteiger partial charge in [-0.2, -0.15) is 0 Å². The van der Waals surface area contributed by atoms with E-state index in [1.54, 1.807) is 0 Å². The molecule has 0 spiro atoms. The predicted octanol–water partition coefficient (Wildman–Crippen LogP) is -0.391. The molecule has 0 nitrogen and oxygen atoms in total. The van der Waals surface area contributed by atoms with Gasteiger partial charge in [0.15, 0.2) is 0 Å². The average Bonchev–Trinajstić information content (AvgIpc) is 0. The largest absolute Gasteiger partial charge is 0 e. The quantitative estimate of drug-likeness (QED) is 0.530. The van der Waals surface area contributed by atoms with Crippen LogP contribution in [0.2, 0.25) is 0 Å². The van der Waals surface area contributed by atoms with Crippen LogP contribution in [0, 0.1) is 0 Å². The van der Waals surface area contributed by atoms with Gasteiger partial charge in [0, 0.05) is 99.8 Å². The average molecular weight is 334 g/mol. The van der Waals surface area contributed by atoms with E-state index >= 15 is 0 Å². The Morgan fingerprint density at radius 2 is 1.00 bits per heavy atom. The van der Waals surface area contributed by atoms with Crippen molar-refractivity contribution in [1.29, 1.82) is 0 Å². The van der Waals surface area contributed by atoms with E-state index < -0.39 is 0 Å². The van der Waals surface area contributed by atoms with E-state index in [-0.39, 0.29) is 99.8 Å². The summed E-state index contributed by atoms with van der Waals surface area (Å²) < 4.78 is 0. The third-order valence-electron chi connectivity index (χ3n) is 0. The zero-order chi connectivity index (χ0) is 0. The molecular weight excluding hydrogens is 334 g/mol. The first kappa shape index (κ1) is 41.7. The molecule has 0 unspecified atom stereocenters. The second kappa shape index (κ2) is 27.1. The molecular formula is AlCoCuNbZr. The summed E-state index contributed by atoms with van der Waals surface area (Å²) in [5, 5.41) is 0. The minimum Gasteiger partial charge on any atom is 0 e. The third kappa shape index (κ3) is 19.0. The molecule has 6 radical (unpaired) electrons. The van der Waals surface area contributed by atoms with Crippen LogP contribution in [0.4, 0.5) is 0 Å². The van der Waals surface area contributed by atoms with Crippen molar-refractivity contribution < 1.29 is 82.4 Å². The molecule has 0 N–H and O–H groups in total. The van der Waals surface area contributed by atoms with E-state index in [9.17, 15) is 0 Å². The van der Waals surface area contributed by atoms with Crippen LogP contribution in [0.3, 0.4) is 0 Å². The van der Waals surface area contributed by atoms with E-state index in [0.29, 0.717) is 0 Å². The van der Waals surface area contributed by atoms with Gasteiger partial charge in [0.05, 0.1) is 0 Å². The Kier molecular flexibility index (Phi) is 226. The van der Waals surface area contributed by atoms with E-state index in [2.05, 4.69) is 0 Å². The van der Waals surface area contributed by atoms with Gasteiger partial charge < -0.3 is 0 Å². The molecule has 0 heterocycles. The molecule has 0 aliphatic rings. The summed E-state index contributed by atoms with van der Waals surface area (Å²) in [6.45, 7) is 0. The zero-order valence-corrected chi connectivity index (χ0v) is 9.95. The Balaban J connectivity index is 0. The van der Waals surface area contributed by atoms with Crippen LogP contribution in [0.25, 0.3) is 0 Å². The van der Waals surface area contributed by atoms with Crippen LogP contribution in [0.5, 0.6) is 0 Å². The van der Waals surface area contributed by atoms with E-state index in [1.807, 2.05) is 0 Å². The third-order valence-corrected chi connectivity index (χ3v) is 0. The van der Waals surface area contributed by atoms with Crippen molar-refractivity contribution >= 4 is 17.4 Å². The molecule has 0 aromatic carbocycles. The Labute approximate surface area is 98.0 Å². The van der Waals surface area contributed by atoms with E-state index in [4.69, 9.17) is 0 Å². The molecule has 0 rings (SSSR count). The minimum absolute atomic E-state index is 0. The molecule has 0 bridgehead atoms. The number of rotatable bonds is 0. The fraction of sp³-hybridized carbons (Fsp3) is 0. The summed E-state index contributed by atoms with van der Waals surface area (Å²) in [7, 11) is 0. The first-order chi connectivity index (χ1) is 0. The van der Waals surface area contributed by atoms with Gasteiger partial charge >= 0.3 is 0 Å². The summed E-state index contributed by atoms with van der Waals surface area (Å²) in [6, 6.07) is 0. The fourth-order valence-corrected chi connectivity index (χ4v) is 0. The van der Waals surface area contributed by atoms with Crippen LogP contribution < -0.4 is 0 Å². The van der Waals surface area contributed by atoms with Gasteiger partial charge in [-0.05, 0) is 0 Å². The molecule has 5 heavy (non-hydrogen) atoms. The monoisotopic (exact) mass is 332 g/mol. The molecule has 5 heteroatoms. The number of hydrogen-bond donors (Lipinski definition) is 0. The van der Waals surface area contributed by atoms with Gasteiger partial charge in [0.1, 0.15) is 0 Å². The standard InChI is InChI=1S/Al.Co.Cu.Nb.Zr. The Hall–Kier alpha value is 3.18. The predicted molar refractivity (Wildman–Crippen MR) is 5.75 cm³/mol. The zero-order valence-electron chi connectivity index (χ0n) is 2.16. The van der Waals surface area contributed by atoms with Crippen molar-refractivity contribution in [3.63, 3.8) is 0 Å². The molecule has 0 saturated carbocycles. The second-order valence-corrected chi connectivity index (χ2v) is 0. The first-order valence-corrected chi connectivity index (χ1v) is 0. The van der Waals surface area contributed by atoms with Crippen LogP contribution in [0.1, 0.15) is 0 Å². The molecule has 0 aromatic heterocycles. The first-order valence-electron chi connectivity index (χ1n) is 0. The van der Waals surface area contributed by atoms with Gasteiger partial charge in [-0.25, -0.2) is 0 Å². The molecule has 0 aliphatic carbocycles. The summed E-state index contributed by atoms with van der Waals surface area (Å²) in [5.41, 5.74) is 0. The smallest absolute Gasteiger partial charge is 0 e. The van der Waals surface area contributed by atoms with Gasteiger partial charge in [-0.1, -0.05) is 0 Å². The van der Waals surface area contributed by atoms with Crippen molar-refractivity contribution in [1.82, 2.24) is 0 Å². The molecule has 0 atom stereocenters. The Morgan fingerprint density at radius 1 is 1.00 bits per heavy atom. The normalized spacial score (nSPS) is 0. The van der Waals surface area contributed by atoms with Gasteiger partial charge in [-0.3, -0.25) is 0 Å². The SMILES string of the molecule is [Al].[Co].[Cu].[Nb].[Zr]. The van der Waals surface area contributed by atoms with Gasteiger partial charge in [-0.15, -0.1) is 0 Å². The van der Waals surface area contributed by atoms with Crippen molar-refractivity contribution in [3.8, 4) is 0 Å². The molecule has 0 aliphatic heterocycles. The molecule has 0 amide bonds. The number of hydrogen-bond acceptors (Lipinski definition) is 0. The fourth-order valence-electron chi connectivity index (χ4n) is 0. The topological polar surface area (TPSA) is 0 Å².